The first-order valence-electron chi connectivity index (χ1n) is 11.6. The van der Waals surface area contributed by atoms with Gasteiger partial charge in [0.05, 0.1) is 5.92 Å². The molecular formula is C27H25N3O3S. The topological polar surface area (TPSA) is 88.2 Å². The molecule has 0 saturated heterocycles. The standard InChI is InChI=1S/C27H25N3O3S/c1-15-10-18(3-5-22(15)19-8-9-34-14-19)26-29-25(30-33-26)17-2-6-23-16(11-17)4-7-24(23)28-21-12-20(13-21)27(31)32/h2-3,5-6,8-11,14,20-21,24,28H,4,7,12-13H2,1H3,(H,31,32)/t20?,21?,24-/m0/s1. The van der Waals surface area contributed by atoms with Crippen molar-refractivity contribution >= 4 is 17.3 Å². The van der Waals surface area contributed by atoms with Gasteiger partial charge in [0.15, 0.2) is 0 Å². The summed E-state index contributed by atoms with van der Waals surface area (Å²) in [7, 11) is 0. The van der Waals surface area contributed by atoms with Crippen LogP contribution in [0.25, 0.3) is 34.0 Å². The number of carbonyl (C=O) groups is 1. The highest BCUT2D eigenvalue weighted by molar-refractivity contribution is 7.08. The van der Waals surface area contributed by atoms with Crippen molar-refractivity contribution in [1.82, 2.24) is 15.5 Å². The van der Waals surface area contributed by atoms with E-state index in [1.807, 2.05) is 6.07 Å². The molecule has 0 unspecified atom stereocenters. The molecule has 0 radical (unpaired) electrons. The molecule has 2 aromatic heterocycles. The van der Waals surface area contributed by atoms with Crippen molar-refractivity contribution in [3.63, 3.8) is 0 Å². The van der Waals surface area contributed by atoms with Gasteiger partial charge in [0.25, 0.3) is 5.89 Å². The third kappa shape index (κ3) is 3.85. The van der Waals surface area contributed by atoms with Crippen molar-refractivity contribution in [2.75, 3.05) is 0 Å². The van der Waals surface area contributed by atoms with Crippen LogP contribution in [0, 0.1) is 12.8 Å². The van der Waals surface area contributed by atoms with Crippen LogP contribution < -0.4 is 5.32 Å². The van der Waals surface area contributed by atoms with Crippen LogP contribution in [0.1, 0.15) is 42.0 Å². The summed E-state index contributed by atoms with van der Waals surface area (Å²) in [6.45, 7) is 2.10. The molecule has 6 nitrogen and oxygen atoms in total. The molecule has 0 aliphatic heterocycles. The Kier molecular flexibility index (Phi) is 5.31. The van der Waals surface area contributed by atoms with Crippen LogP contribution in [-0.2, 0) is 11.2 Å². The van der Waals surface area contributed by atoms with Crippen molar-refractivity contribution in [3.05, 3.63) is 69.9 Å². The highest BCUT2D eigenvalue weighted by Gasteiger charge is 2.36. The Morgan fingerprint density at radius 3 is 2.74 bits per heavy atom. The summed E-state index contributed by atoms with van der Waals surface area (Å²) in [6.07, 6.45) is 3.46. The molecule has 2 aromatic carbocycles. The number of nitrogens with one attached hydrogen (secondary N) is 1. The van der Waals surface area contributed by atoms with Gasteiger partial charge in [0.1, 0.15) is 0 Å². The minimum Gasteiger partial charge on any atom is -0.481 e. The summed E-state index contributed by atoms with van der Waals surface area (Å²) < 4.78 is 5.62. The SMILES string of the molecule is Cc1cc(-c2nc(-c3ccc4c(c3)CC[C@@H]4NC3CC(C(=O)O)C3)no2)ccc1-c1ccsc1. The van der Waals surface area contributed by atoms with Gasteiger partial charge in [-0.1, -0.05) is 23.4 Å². The monoisotopic (exact) mass is 471 g/mol. The Morgan fingerprint density at radius 1 is 1.12 bits per heavy atom. The van der Waals surface area contributed by atoms with Crippen LogP contribution >= 0.6 is 11.3 Å². The number of aryl methyl sites for hydroxylation is 2. The van der Waals surface area contributed by atoms with Crippen molar-refractivity contribution in [2.24, 2.45) is 5.92 Å². The Labute approximate surface area is 201 Å². The second-order valence-electron chi connectivity index (χ2n) is 9.34. The first-order valence-corrected chi connectivity index (χ1v) is 12.6. The van der Waals surface area contributed by atoms with Crippen molar-refractivity contribution in [3.8, 4) is 34.0 Å². The zero-order chi connectivity index (χ0) is 23.2. The maximum atomic E-state index is 11.1. The first kappa shape index (κ1) is 21.3. The van der Waals surface area contributed by atoms with E-state index in [2.05, 4.69) is 69.5 Å². The van der Waals surface area contributed by atoms with E-state index in [9.17, 15) is 4.79 Å². The average Bonchev–Trinajstić information content (AvgIpc) is 3.56. The molecule has 1 atom stereocenters. The molecule has 1 saturated carbocycles. The molecule has 6 rings (SSSR count). The molecule has 7 heteroatoms. The van der Waals surface area contributed by atoms with Gasteiger partial charge in [-0.2, -0.15) is 16.3 Å². The number of nitrogens with zero attached hydrogens (tertiary/aromatic N) is 2. The number of aromatic nitrogens is 2. The molecule has 2 aliphatic carbocycles. The Bertz CT molecular complexity index is 1360. The number of hydrogen-bond donors (Lipinski definition) is 2. The van der Waals surface area contributed by atoms with E-state index < -0.39 is 5.97 Å². The fourth-order valence-corrected chi connectivity index (χ4v) is 5.82. The molecule has 2 aliphatic rings. The van der Waals surface area contributed by atoms with E-state index >= 15 is 0 Å². The largest absolute Gasteiger partial charge is 0.481 e. The van der Waals surface area contributed by atoms with Gasteiger partial charge in [0.2, 0.25) is 5.82 Å². The third-order valence-corrected chi connectivity index (χ3v) is 7.82. The molecular weight excluding hydrogens is 446 g/mol. The molecule has 0 bridgehead atoms. The normalized spacial score (nSPS) is 21.3. The fraction of sp³-hybridized carbons (Fsp3) is 0.296. The predicted molar refractivity (Wildman–Crippen MR) is 132 cm³/mol. The third-order valence-electron chi connectivity index (χ3n) is 7.13. The molecule has 0 amide bonds. The second kappa shape index (κ2) is 8.49. The second-order valence-corrected chi connectivity index (χ2v) is 10.1. The summed E-state index contributed by atoms with van der Waals surface area (Å²) in [6, 6.07) is 15.3. The summed E-state index contributed by atoms with van der Waals surface area (Å²) in [5.74, 6) is 0.247. The van der Waals surface area contributed by atoms with Crippen LogP contribution in [0.2, 0.25) is 0 Å². The van der Waals surface area contributed by atoms with Gasteiger partial charge in [-0.15, -0.1) is 0 Å². The van der Waals surface area contributed by atoms with Crippen LogP contribution in [0.15, 0.2) is 57.7 Å². The van der Waals surface area contributed by atoms with Gasteiger partial charge < -0.3 is 14.9 Å². The van der Waals surface area contributed by atoms with Crippen LogP contribution in [0.4, 0.5) is 0 Å². The van der Waals surface area contributed by atoms with Crippen molar-refractivity contribution in [2.45, 2.75) is 44.7 Å². The first-order chi connectivity index (χ1) is 16.5. The van der Waals surface area contributed by atoms with Gasteiger partial charge in [0, 0.05) is 23.2 Å². The Balaban J connectivity index is 1.18. The van der Waals surface area contributed by atoms with Gasteiger partial charge in [-0.25, -0.2) is 0 Å². The number of carboxylic acid groups (broad SMARTS) is 1. The van der Waals surface area contributed by atoms with Crippen molar-refractivity contribution in [1.29, 1.82) is 0 Å². The molecule has 4 aromatic rings. The lowest BCUT2D eigenvalue weighted by atomic mass is 9.80. The number of fused-ring (bicyclic) bond motifs is 1. The van der Waals surface area contributed by atoms with Gasteiger partial charge in [-0.05, 0) is 95.4 Å². The van der Waals surface area contributed by atoms with Crippen LogP contribution in [0.3, 0.4) is 0 Å². The summed E-state index contributed by atoms with van der Waals surface area (Å²) in [5, 5.41) is 21.2. The molecule has 2 heterocycles. The number of rotatable bonds is 6. The van der Waals surface area contributed by atoms with Crippen LogP contribution in [-0.4, -0.2) is 27.3 Å². The van der Waals surface area contributed by atoms with E-state index in [4.69, 9.17) is 9.63 Å². The molecule has 34 heavy (non-hydrogen) atoms. The molecule has 172 valence electrons. The minimum atomic E-state index is -0.678. The number of hydrogen-bond acceptors (Lipinski definition) is 6. The number of thiophene rings is 1. The van der Waals surface area contributed by atoms with E-state index in [-0.39, 0.29) is 12.0 Å². The molecule has 0 spiro atoms. The molecule has 1 fully saturated rings. The predicted octanol–water partition coefficient (Wildman–Crippen LogP) is 5.88. The summed E-state index contributed by atoms with van der Waals surface area (Å²) in [5.41, 5.74) is 8.08. The van der Waals surface area contributed by atoms with E-state index in [1.165, 1.54) is 27.8 Å². The fourth-order valence-electron chi connectivity index (χ4n) is 5.17. The van der Waals surface area contributed by atoms with Crippen LogP contribution in [0.5, 0.6) is 0 Å². The Hall–Kier alpha value is -3.29. The minimum absolute atomic E-state index is 0.191. The lowest BCUT2D eigenvalue weighted by Crippen LogP contribution is -2.45. The van der Waals surface area contributed by atoms with E-state index in [0.717, 1.165) is 36.8 Å². The summed E-state index contributed by atoms with van der Waals surface area (Å²) in [4.78, 5) is 15.7. The lowest BCUT2D eigenvalue weighted by molar-refractivity contribution is -0.145. The zero-order valence-electron chi connectivity index (χ0n) is 18.8. The highest BCUT2D eigenvalue weighted by atomic mass is 32.1. The molecule has 2 N–H and O–H groups in total. The van der Waals surface area contributed by atoms with Gasteiger partial charge in [-0.3, -0.25) is 4.79 Å². The van der Waals surface area contributed by atoms with E-state index in [1.54, 1.807) is 11.3 Å². The lowest BCUT2D eigenvalue weighted by Gasteiger charge is -2.35. The average molecular weight is 472 g/mol. The van der Waals surface area contributed by atoms with Gasteiger partial charge >= 0.3 is 5.97 Å². The van der Waals surface area contributed by atoms with E-state index in [0.29, 0.717) is 17.8 Å². The number of carboxylic acids is 1. The number of aliphatic carboxylic acids is 1. The smallest absolute Gasteiger partial charge is 0.306 e. The maximum absolute atomic E-state index is 11.1. The zero-order valence-corrected chi connectivity index (χ0v) is 19.6. The Morgan fingerprint density at radius 2 is 1.97 bits per heavy atom. The summed E-state index contributed by atoms with van der Waals surface area (Å²) >= 11 is 1.69. The highest BCUT2D eigenvalue weighted by Crippen LogP contribution is 2.37. The number of benzene rings is 2. The van der Waals surface area contributed by atoms with Crippen molar-refractivity contribution < 1.29 is 14.4 Å². The quantitative estimate of drug-likeness (QED) is 0.365. The maximum Gasteiger partial charge on any atom is 0.306 e.